The Balaban J connectivity index is 1.87. The third kappa shape index (κ3) is 3.38. The number of amides is 1. The van der Waals surface area contributed by atoms with Crippen LogP contribution in [0.25, 0.3) is 21.9 Å². The molecule has 1 aliphatic rings. The minimum Gasteiger partial charge on any atom is -0.339 e. The lowest BCUT2D eigenvalue weighted by Crippen LogP contribution is -2.29. The molecule has 3 heterocycles. The number of hydrogen-bond donors (Lipinski definition) is 1. The molecule has 1 aliphatic heterocycles. The van der Waals surface area contributed by atoms with Crippen LogP contribution in [0, 0.1) is 19.7 Å². The van der Waals surface area contributed by atoms with Crippen molar-refractivity contribution in [2.75, 3.05) is 13.1 Å². The normalized spacial score (nSPS) is 14.8. The van der Waals surface area contributed by atoms with Gasteiger partial charge in [-0.25, -0.2) is 9.37 Å². The molecule has 0 unspecified atom stereocenters. The number of benzene rings is 1. The van der Waals surface area contributed by atoms with Crippen LogP contribution >= 0.6 is 11.3 Å². The molecule has 1 N–H and O–H groups in total. The van der Waals surface area contributed by atoms with Gasteiger partial charge in [-0.05, 0) is 56.0 Å². The van der Waals surface area contributed by atoms with E-state index in [1.807, 2.05) is 13.8 Å². The van der Waals surface area contributed by atoms with Gasteiger partial charge < -0.3 is 9.88 Å². The van der Waals surface area contributed by atoms with Crippen LogP contribution in [-0.2, 0) is 4.79 Å². The smallest absolute Gasteiger partial charge is 0.260 e. The molecule has 4 rings (SSSR count). The Kier molecular flexibility index (Phi) is 4.85. The van der Waals surface area contributed by atoms with Crippen molar-refractivity contribution in [3.63, 3.8) is 0 Å². The zero-order valence-electron chi connectivity index (χ0n) is 15.7. The van der Waals surface area contributed by atoms with Gasteiger partial charge in [-0.2, -0.15) is 0 Å². The van der Waals surface area contributed by atoms with E-state index < -0.39 is 0 Å². The van der Waals surface area contributed by atoms with Gasteiger partial charge in [-0.15, -0.1) is 11.3 Å². The number of hydrogen-bond acceptors (Lipinski definition) is 4. The summed E-state index contributed by atoms with van der Waals surface area (Å²) < 4.78 is 13.3. The second-order valence-corrected chi connectivity index (χ2v) is 8.19. The molecule has 0 atom stereocenters. The number of halogens is 1. The predicted octanol–water partition coefficient (Wildman–Crippen LogP) is 3.90. The summed E-state index contributed by atoms with van der Waals surface area (Å²) in [5.41, 5.74) is 1.65. The Bertz CT molecular complexity index is 1140. The van der Waals surface area contributed by atoms with Crippen LogP contribution < -0.4 is 5.56 Å². The maximum absolute atomic E-state index is 13.3. The number of H-pyrrole nitrogens is 1. The molecular weight excluding hydrogens is 377 g/mol. The number of aromatic nitrogens is 2. The second kappa shape index (κ2) is 7.31. The van der Waals surface area contributed by atoms with Crippen molar-refractivity contribution in [2.45, 2.75) is 26.7 Å². The standard InChI is InChI=1S/C21H20FN3O2S/c1-12-13(2)28-20-17(12)19(26)23-18(24-20)16(21(27)25-9-3-4-10-25)11-14-5-7-15(22)8-6-14/h5-8,11H,3-4,9-10H2,1-2H3,(H,23,24,26)/b16-11+. The molecule has 28 heavy (non-hydrogen) atoms. The van der Waals surface area contributed by atoms with Crippen molar-refractivity contribution in [3.05, 3.63) is 62.3 Å². The van der Waals surface area contributed by atoms with Gasteiger partial charge in [0, 0.05) is 18.0 Å². The van der Waals surface area contributed by atoms with Gasteiger partial charge >= 0.3 is 0 Å². The topological polar surface area (TPSA) is 66.1 Å². The fourth-order valence-corrected chi connectivity index (χ4v) is 4.46. The Morgan fingerprint density at radius 1 is 1.21 bits per heavy atom. The first kappa shape index (κ1) is 18.6. The number of rotatable bonds is 3. The lowest BCUT2D eigenvalue weighted by Gasteiger charge is -2.17. The molecule has 1 fully saturated rings. The summed E-state index contributed by atoms with van der Waals surface area (Å²) in [5.74, 6) is -0.267. The molecule has 5 nitrogen and oxygen atoms in total. The fourth-order valence-electron chi connectivity index (χ4n) is 3.43. The van der Waals surface area contributed by atoms with E-state index in [-0.39, 0.29) is 23.1 Å². The Labute approximate surface area is 165 Å². The molecule has 0 radical (unpaired) electrons. The van der Waals surface area contributed by atoms with Crippen LogP contribution in [0.15, 0.2) is 29.1 Å². The number of fused-ring (bicyclic) bond motifs is 1. The summed E-state index contributed by atoms with van der Waals surface area (Å²) in [5, 5.41) is 0.570. The molecule has 1 amide bonds. The van der Waals surface area contributed by atoms with E-state index in [9.17, 15) is 14.0 Å². The quantitative estimate of drug-likeness (QED) is 0.682. The van der Waals surface area contributed by atoms with Crippen LogP contribution in [0.2, 0.25) is 0 Å². The summed E-state index contributed by atoms with van der Waals surface area (Å²) in [6.45, 7) is 5.22. The van der Waals surface area contributed by atoms with Crippen LogP contribution in [0.3, 0.4) is 0 Å². The summed E-state index contributed by atoms with van der Waals surface area (Å²) in [6.07, 6.45) is 3.58. The lowest BCUT2D eigenvalue weighted by molar-refractivity contribution is -0.123. The monoisotopic (exact) mass is 397 g/mol. The molecule has 0 bridgehead atoms. The Hall–Kier alpha value is -2.80. The van der Waals surface area contributed by atoms with Gasteiger partial charge in [0.05, 0.1) is 11.0 Å². The minimum absolute atomic E-state index is 0.172. The first-order valence-corrected chi connectivity index (χ1v) is 10.0. The van der Waals surface area contributed by atoms with Crippen molar-refractivity contribution in [2.24, 2.45) is 0 Å². The molecule has 3 aromatic rings. The predicted molar refractivity (Wildman–Crippen MR) is 110 cm³/mol. The highest BCUT2D eigenvalue weighted by atomic mass is 32.1. The fraction of sp³-hybridized carbons (Fsp3) is 0.286. The highest BCUT2D eigenvalue weighted by molar-refractivity contribution is 7.18. The van der Waals surface area contributed by atoms with E-state index in [2.05, 4.69) is 9.97 Å². The Morgan fingerprint density at radius 3 is 2.57 bits per heavy atom. The molecular formula is C21H20FN3O2S. The third-order valence-corrected chi connectivity index (χ3v) is 6.20. The largest absolute Gasteiger partial charge is 0.339 e. The lowest BCUT2D eigenvalue weighted by atomic mass is 10.1. The van der Waals surface area contributed by atoms with Crippen LogP contribution in [-0.4, -0.2) is 33.9 Å². The summed E-state index contributed by atoms with van der Waals surface area (Å²) in [4.78, 5) is 36.7. The molecule has 2 aromatic heterocycles. The maximum atomic E-state index is 13.3. The Morgan fingerprint density at radius 2 is 1.89 bits per heavy atom. The SMILES string of the molecule is Cc1sc2nc(/C(=C\c3ccc(F)cc3)C(=O)N3CCCC3)[nH]c(=O)c2c1C. The average Bonchev–Trinajstić information content (AvgIpc) is 3.30. The van der Waals surface area contributed by atoms with Crippen molar-refractivity contribution < 1.29 is 9.18 Å². The van der Waals surface area contributed by atoms with Crippen molar-refractivity contribution >= 4 is 39.1 Å². The van der Waals surface area contributed by atoms with Gasteiger partial charge in [0.15, 0.2) is 0 Å². The van der Waals surface area contributed by atoms with E-state index in [1.54, 1.807) is 23.1 Å². The zero-order chi connectivity index (χ0) is 19.8. The highest BCUT2D eigenvalue weighted by Gasteiger charge is 2.25. The molecule has 0 aliphatic carbocycles. The van der Waals surface area contributed by atoms with Crippen molar-refractivity contribution in [1.82, 2.24) is 14.9 Å². The van der Waals surface area contributed by atoms with Gasteiger partial charge in [0.25, 0.3) is 11.5 Å². The first-order valence-electron chi connectivity index (χ1n) is 9.21. The van der Waals surface area contributed by atoms with E-state index in [0.717, 1.165) is 23.3 Å². The molecule has 0 saturated carbocycles. The molecule has 1 saturated heterocycles. The molecule has 1 aromatic carbocycles. The number of aryl methyl sites for hydroxylation is 2. The van der Waals surface area contributed by atoms with Gasteiger partial charge in [0.2, 0.25) is 0 Å². The van der Waals surface area contributed by atoms with Crippen molar-refractivity contribution in [3.8, 4) is 0 Å². The van der Waals surface area contributed by atoms with Gasteiger partial charge in [-0.3, -0.25) is 9.59 Å². The van der Waals surface area contributed by atoms with E-state index in [0.29, 0.717) is 34.4 Å². The van der Waals surface area contributed by atoms with Crippen LogP contribution in [0.5, 0.6) is 0 Å². The molecule has 0 spiro atoms. The summed E-state index contributed by atoms with van der Waals surface area (Å²) in [6, 6.07) is 5.88. The van der Waals surface area contributed by atoms with Crippen molar-refractivity contribution in [1.29, 1.82) is 0 Å². The summed E-state index contributed by atoms with van der Waals surface area (Å²) >= 11 is 1.44. The number of nitrogens with zero attached hydrogens (tertiary/aromatic N) is 2. The number of nitrogens with one attached hydrogen (secondary N) is 1. The average molecular weight is 397 g/mol. The summed E-state index contributed by atoms with van der Waals surface area (Å²) in [7, 11) is 0. The number of carbonyl (C=O) groups is 1. The number of aromatic amines is 1. The number of thiophene rings is 1. The molecule has 7 heteroatoms. The van der Waals surface area contributed by atoms with Crippen LogP contribution in [0.1, 0.15) is 34.7 Å². The first-order chi connectivity index (χ1) is 13.4. The van der Waals surface area contributed by atoms with E-state index in [4.69, 9.17) is 0 Å². The van der Waals surface area contributed by atoms with E-state index >= 15 is 0 Å². The second-order valence-electron chi connectivity index (χ2n) is 6.99. The van der Waals surface area contributed by atoms with Gasteiger partial charge in [0.1, 0.15) is 16.5 Å². The van der Waals surface area contributed by atoms with E-state index in [1.165, 1.54) is 23.5 Å². The highest BCUT2D eigenvalue weighted by Crippen LogP contribution is 2.28. The zero-order valence-corrected chi connectivity index (χ0v) is 16.5. The molecule has 144 valence electrons. The van der Waals surface area contributed by atoms with Crippen LogP contribution in [0.4, 0.5) is 4.39 Å². The number of carbonyl (C=O) groups excluding carboxylic acids is 1. The van der Waals surface area contributed by atoms with Gasteiger partial charge in [-0.1, -0.05) is 12.1 Å². The number of likely N-dealkylation sites (tertiary alicyclic amines) is 1. The minimum atomic E-state index is -0.345. The third-order valence-electron chi connectivity index (χ3n) is 5.10. The maximum Gasteiger partial charge on any atom is 0.260 e.